The maximum absolute atomic E-state index is 13.0. The molecular formula is C33H35NO8. The summed E-state index contributed by atoms with van der Waals surface area (Å²) in [4.78, 5) is 37.4. The van der Waals surface area contributed by atoms with Gasteiger partial charge in [-0.15, -0.1) is 0 Å². The molecule has 0 aliphatic rings. The summed E-state index contributed by atoms with van der Waals surface area (Å²) in [5.74, 6) is 0.105. The van der Waals surface area contributed by atoms with E-state index in [-0.39, 0.29) is 6.42 Å². The van der Waals surface area contributed by atoms with Gasteiger partial charge >= 0.3 is 11.9 Å². The van der Waals surface area contributed by atoms with Crippen LogP contribution in [0, 0.1) is 0 Å². The smallest absolute Gasteiger partial charge is 0.328 e. The monoisotopic (exact) mass is 573 g/mol. The second-order valence-electron chi connectivity index (χ2n) is 9.78. The number of amides is 1. The molecule has 9 heteroatoms. The lowest BCUT2D eigenvalue weighted by Crippen LogP contribution is -2.45. The van der Waals surface area contributed by atoms with E-state index in [2.05, 4.69) is 12.2 Å². The molecule has 1 amide bonds. The molecule has 1 N–H and O–H groups in total. The first-order valence-corrected chi connectivity index (χ1v) is 13.8. The number of esters is 2. The van der Waals surface area contributed by atoms with E-state index in [1.165, 1.54) is 27.4 Å². The first-order valence-electron chi connectivity index (χ1n) is 13.8. The number of nitrogens with one attached hydrogen (secondary N) is 1. The molecular weight excluding hydrogens is 538 g/mol. The van der Waals surface area contributed by atoms with Gasteiger partial charge in [-0.2, -0.15) is 0 Å². The Morgan fingerprint density at radius 2 is 1.71 bits per heavy atom. The highest BCUT2D eigenvalue weighted by Gasteiger charge is 2.27. The molecule has 3 aromatic carbocycles. The van der Waals surface area contributed by atoms with Crippen molar-refractivity contribution in [2.24, 2.45) is 0 Å². The number of unbranched alkanes of at least 4 members (excludes halogenated alkanes) is 1. The van der Waals surface area contributed by atoms with Gasteiger partial charge in [0.05, 0.1) is 18.8 Å². The molecule has 4 aromatic rings. The molecule has 9 nitrogen and oxygen atoms in total. The lowest BCUT2D eigenvalue weighted by atomic mass is 10.0. The predicted octanol–water partition coefficient (Wildman–Crippen LogP) is 6.08. The van der Waals surface area contributed by atoms with Gasteiger partial charge in [0.2, 0.25) is 0 Å². The molecule has 1 heterocycles. The molecule has 0 radical (unpaired) electrons. The Hall–Kier alpha value is -4.63. The van der Waals surface area contributed by atoms with Gasteiger partial charge in [-0.3, -0.25) is 9.59 Å². The molecule has 0 aliphatic heterocycles. The Morgan fingerprint density at radius 3 is 2.36 bits per heavy atom. The lowest BCUT2D eigenvalue weighted by molar-refractivity contribution is -0.146. The number of rotatable bonds is 13. The first kappa shape index (κ1) is 30.3. The van der Waals surface area contributed by atoms with Gasteiger partial charge in [0, 0.05) is 20.5 Å². The Kier molecular flexibility index (Phi) is 10.3. The molecule has 0 unspecified atom stereocenters. The van der Waals surface area contributed by atoms with E-state index in [9.17, 15) is 14.4 Å². The Balaban J connectivity index is 1.52. The minimum atomic E-state index is -0.923. The van der Waals surface area contributed by atoms with Gasteiger partial charge in [0.1, 0.15) is 17.5 Å². The Morgan fingerprint density at radius 1 is 0.976 bits per heavy atom. The van der Waals surface area contributed by atoms with Crippen LogP contribution in [0.15, 0.2) is 77.4 Å². The van der Waals surface area contributed by atoms with Crippen LogP contribution in [0.1, 0.15) is 49.5 Å². The molecule has 0 fully saturated rings. The van der Waals surface area contributed by atoms with Gasteiger partial charge in [0.25, 0.3) is 5.91 Å². The van der Waals surface area contributed by atoms with E-state index in [0.29, 0.717) is 40.2 Å². The molecule has 0 saturated heterocycles. The topological polar surface area (TPSA) is 113 Å². The predicted molar refractivity (Wildman–Crippen MR) is 156 cm³/mol. The number of methoxy groups -OCH3 is 2. The van der Waals surface area contributed by atoms with Crippen LogP contribution in [-0.4, -0.2) is 38.1 Å². The number of aryl methyl sites for hydroxylation is 1. The fourth-order valence-electron chi connectivity index (χ4n) is 4.70. The van der Waals surface area contributed by atoms with E-state index in [0.717, 1.165) is 24.0 Å². The summed E-state index contributed by atoms with van der Waals surface area (Å²) >= 11 is 0. The summed E-state index contributed by atoms with van der Waals surface area (Å²) < 4.78 is 27.8. The normalized spacial score (nSPS) is 12.4. The minimum Gasteiger partial charge on any atom is -0.467 e. The van der Waals surface area contributed by atoms with E-state index < -0.39 is 30.0 Å². The zero-order valence-corrected chi connectivity index (χ0v) is 24.2. The van der Waals surface area contributed by atoms with Crippen molar-refractivity contribution in [1.82, 2.24) is 5.32 Å². The molecule has 220 valence electrons. The molecule has 4 rings (SSSR count). The van der Waals surface area contributed by atoms with Crippen molar-refractivity contribution in [2.75, 3.05) is 14.2 Å². The summed E-state index contributed by atoms with van der Waals surface area (Å²) in [6, 6.07) is 18.9. The van der Waals surface area contributed by atoms with E-state index in [1.807, 2.05) is 36.4 Å². The molecule has 42 heavy (non-hydrogen) atoms. The summed E-state index contributed by atoms with van der Waals surface area (Å²) in [7, 11) is 2.72. The maximum atomic E-state index is 13.0. The molecule has 0 aliphatic carbocycles. The quantitative estimate of drug-likeness (QED) is 0.151. The van der Waals surface area contributed by atoms with Gasteiger partial charge in [-0.25, -0.2) is 4.79 Å². The maximum Gasteiger partial charge on any atom is 0.328 e. The van der Waals surface area contributed by atoms with Crippen molar-refractivity contribution in [3.63, 3.8) is 0 Å². The summed E-state index contributed by atoms with van der Waals surface area (Å²) in [6.45, 7) is 3.47. The molecule has 2 atom stereocenters. The average molecular weight is 574 g/mol. The van der Waals surface area contributed by atoms with E-state index in [1.54, 1.807) is 30.3 Å². The summed E-state index contributed by atoms with van der Waals surface area (Å²) in [6.07, 6.45) is 3.47. The molecule has 0 saturated carbocycles. The Bertz CT molecular complexity index is 1510. The molecule has 0 spiro atoms. The molecule has 0 bridgehead atoms. The van der Waals surface area contributed by atoms with Crippen LogP contribution in [0.5, 0.6) is 17.2 Å². The van der Waals surface area contributed by atoms with Crippen LogP contribution < -0.4 is 14.8 Å². The van der Waals surface area contributed by atoms with Crippen LogP contribution in [-0.2, 0) is 36.7 Å². The van der Waals surface area contributed by atoms with Gasteiger partial charge in [-0.1, -0.05) is 55.8 Å². The first-order chi connectivity index (χ1) is 20.3. The minimum absolute atomic E-state index is 0.199. The lowest BCUT2D eigenvalue weighted by Gasteiger charge is -2.21. The zero-order valence-electron chi connectivity index (χ0n) is 24.2. The summed E-state index contributed by atoms with van der Waals surface area (Å²) in [5, 5.41) is 3.42. The highest BCUT2D eigenvalue weighted by molar-refractivity contribution is 5.92. The van der Waals surface area contributed by atoms with Gasteiger partial charge < -0.3 is 28.7 Å². The van der Waals surface area contributed by atoms with E-state index in [4.69, 9.17) is 23.4 Å². The number of benzene rings is 3. The van der Waals surface area contributed by atoms with Gasteiger partial charge in [0.15, 0.2) is 17.4 Å². The fourth-order valence-corrected chi connectivity index (χ4v) is 4.70. The SMILES string of the molecule is CCCCc1cc(Oc2ccc(C[C@H](NC(=O)[C@@H](OC)c3ccccc3)C(=O)OC)cc2)c2occc2c1OC(C)=O. The number of hydrogen-bond donors (Lipinski definition) is 1. The van der Waals surface area contributed by atoms with Gasteiger partial charge in [-0.05, 0) is 53.8 Å². The van der Waals surface area contributed by atoms with Crippen LogP contribution in [0.3, 0.4) is 0 Å². The number of hydrogen-bond acceptors (Lipinski definition) is 8. The van der Waals surface area contributed by atoms with Crippen LogP contribution in [0.4, 0.5) is 0 Å². The van der Waals surface area contributed by atoms with Crippen LogP contribution in [0.25, 0.3) is 11.0 Å². The van der Waals surface area contributed by atoms with Crippen molar-refractivity contribution in [3.8, 4) is 17.2 Å². The number of ether oxygens (including phenoxy) is 4. The number of carbonyl (C=O) groups is 3. The van der Waals surface area contributed by atoms with E-state index >= 15 is 0 Å². The number of fused-ring (bicyclic) bond motifs is 1. The molecule has 1 aromatic heterocycles. The fraction of sp³-hybridized carbons (Fsp3) is 0.303. The zero-order chi connectivity index (χ0) is 30.1. The number of carbonyl (C=O) groups excluding carboxylic acids is 3. The number of furan rings is 1. The largest absolute Gasteiger partial charge is 0.467 e. The third kappa shape index (κ3) is 7.36. The van der Waals surface area contributed by atoms with Crippen LogP contribution in [0.2, 0.25) is 0 Å². The van der Waals surface area contributed by atoms with Crippen molar-refractivity contribution in [1.29, 1.82) is 0 Å². The third-order valence-corrected chi connectivity index (χ3v) is 6.75. The Labute approximate surface area is 244 Å². The second-order valence-corrected chi connectivity index (χ2v) is 9.78. The van der Waals surface area contributed by atoms with Crippen molar-refractivity contribution >= 4 is 28.8 Å². The van der Waals surface area contributed by atoms with Crippen molar-refractivity contribution in [3.05, 3.63) is 89.7 Å². The average Bonchev–Trinajstić information content (AvgIpc) is 3.49. The third-order valence-electron chi connectivity index (χ3n) is 6.75. The van der Waals surface area contributed by atoms with Crippen molar-refractivity contribution in [2.45, 2.75) is 51.7 Å². The summed E-state index contributed by atoms with van der Waals surface area (Å²) in [5.41, 5.74) is 2.78. The van der Waals surface area contributed by atoms with Crippen LogP contribution >= 0.6 is 0 Å². The highest BCUT2D eigenvalue weighted by atomic mass is 16.5. The van der Waals surface area contributed by atoms with Crippen molar-refractivity contribution < 1.29 is 37.7 Å². The standard InChI is InChI=1S/C33H35NO8/c1-5-6-10-24-20-28(31-26(17-18-40-31)29(24)41-21(2)35)42-25-15-13-22(14-16-25)19-27(33(37)39-4)34-32(36)30(38-3)23-11-8-7-9-12-23/h7-9,11-18,20,27,30H,5-6,10,19H2,1-4H3,(H,34,36)/t27-,30-/m0/s1. The highest BCUT2D eigenvalue weighted by Crippen LogP contribution is 2.40. The second kappa shape index (κ2) is 14.3.